The number of nitrogens with one attached hydrogen (secondary N) is 1. The first kappa shape index (κ1) is 19.9. The quantitative estimate of drug-likeness (QED) is 0.841. The third-order valence-electron chi connectivity index (χ3n) is 5.63. The van der Waals surface area contributed by atoms with E-state index in [4.69, 9.17) is 0 Å². The van der Waals surface area contributed by atoms with Crippen LogP contribution in [0.4, 0.5) is 18.0 Å². The van der Waals surface area contributed by atoms with Gasteiger partial charge in [-0.1, -0.05) is 24.3 Å². The number of benzene rings is 1. The first-order valence-corrected chi connectivity index (χ1v) is 9.29. The van der Waals surface area contributed by atoms with E-state index in [0.29, 0.717) is 0 Å². The van der Waals surface area contributed by atoms with Crippen LogP contribution in [0.25, 0.3) is 0 Å². The van der Waals surface area contributed by atoms with Crippen molar-refractivity contribution in [2.75, 3.05) is 26.2 Å². The third-order valence-corrected chi connectivity index (χ3v) is 5.63. The van der Waals surface area contributed by atoms with Crippen molar-refractivity contribution in [1.82, 2.24) is 15.1 Å². The molecule has 1 atom stereocenters. The van der Waals surface area contributed by atoms with Crippen LogP contribution in [0.15, 0.2) is 24.3 Å². The number of aryl methyl sites for hydroxylation is 1. The van der Waals surface area contributed by atoms with Crippen molar-refractivity contribution < 1.29 is 23.1 Å². The normalized spacial score (nSPS) is 25.0. The lowest BCUT2D eigenvalue weighted by molar-refractivity contribution is -0.253. The zero-order valence-corrected chi connectivity index (χ0v) is 15.4. The van der Waals surface area contributed by atoms with E-state index in [0.717, 1.165) is 37.4 Å². The number of hydrogen-bond donors (Lipinski definition) is 2. The molecule has 2 aliphatic rings. The molecule has 5 nitrogen and oxygen atoms in total. The number of β-amino-alcohol motifs (C(OH)–C–C–N with tert-alkyl or cyclic N) is 1. The minimum atomic E-state index is -4.72. The van der Waals surface area contributed by atoms with E-state index in [1.54, 1.807) is 0 Å². The number of urea groups is 1. The Morgan fingerprint density at radius 3 is 2.52 bits per heavy atom. The smallest absolute Gasteiger partial charge is 0.379 e. The highest BCUT2D eigenvalue weighted by Crippen LogP contribution is 2.37. The van der Waals surface area contributed by atoms with Crippen LogP contribution in [0.3, 0.4) is 0 Å². The molecule has 150 valence electrons. The van der Waals surface area contributed by atoms with Gasteiger partial charge in [0.25, 0.3) is 0 Å². The maximum atomic E-state index is 12.9. The van der Waals surface area contributed by atoms with E-state index in [-0.39, 0.29) is 12.6 Å². The number of alkyl halides is 3. The van der Waals surface area contributed by atoms with Crippen LogP contribution in [-0.4, -0.2) is 64.9 Å². The molecule has 0 radical (unpaired) electrons. The predicted molar refractivity (Wildman–Crippen MR) is 95.2 cm³/mol. The van der Waals surface area contributed by atoms with Gasteiger partial charge in [0, 0.05) is 38.6 Å². The lowest BCUT2D eigenvalue weighted by Crippen LogP contribution is -2.51. The number of hydrogen-bond acceptors (Lipinski definition) is 3. The fraction of sp³-hybridized carbons (Fsp3) is 0.632. The van der Waals surface area contributed by atoms with Gasteiger partial charge in [0.05, 0.1) is 6.54 Å². The maximum Gasteiger partial charge on any atom is 0.419 e. The van der Waals surface area contributed by atoms with Crippen LogP contribution in [0.1, 0.15) is 30.4 Å². The van der Waals surface area contributed by atoms with E-state index < -0.39 is 30.8 Å². The molecule has 2 N–H and O–H groups in total. The second-order valence-corrected chi connectivity index (χ2v) is 7.63. The molecular formula is C19H26F3N3O2. The molecule has 3 rings (SSSR count). The average Bonchev–Trinajstić information content (AvgIpc) is 3.02. The molecule has 0 aliphatic carbocycles. The molecule has 1 aromatic carbocycles. The van der Waals surface area contributed by atoms with Crippen molar-refractivity contribution in [3.8, 4) is 0 Å². The summed E-state index contributed by atoms with van der Waals surface area (Å²) >= 11 is 0. The Morgan fingerprint density at radius 1 is 1.26 bits per heavy atom. The monoisotopic (exact) mass is 385 g/mol. The summed E-state index contributed by atoms with van der Waals surface area (Å²) in [6.45, 7) is 3.80. The second-order valence-electron chi connectivity index (χ2n) is 7.63. The highest BCUT2D eigenvalue weighted by Gasteiger charge is 2.57. The fourth-order valence-electron chi connectivity index (χ4n) is 3.73. The van der Waals surface area contributed by atoms with Gasteiger partial charge < -0.3 is 15.3 Å². The molecule has 2 amide bonds. The second kappa shape index (κ2) is 7.67. The molecule has 1 unspecified atom stereocenters. The number of aliphatic hydroxyl groups is 1. The molecule has 27 heavy (non-hydrogen) atoms. The largest absolute Gasteiger partial charge is 0.419 e. The Morgan fingerprint density at radius 2 is 1.93 bits per heavy atom. The molecule has 0 spiro atoms. The van der Waals surface area contributed by atoms with Gasteiger partial charge in [0.15, 0.2) is 5.60 Å². The van der Waals surface area contributed by atoms with Crippen LogP contribution >= 0.6 is 0 Å². The van der Waals surface area contributed by atoms with Crippen LogP contribution in [-0.2, 0) is 6.54 Å². The van der Waals surface area contributed by atoms with Crippen LogP contribution in [0.5, 0.6) is 0 Å². The number of carbonyl (C=O) groups excluding carboxylic acids is 1. The number of rotatable bonds is 3. The molecule has 2 aliphatic heterocycles. The highest BCUT2D eigenvalue weighted by atomic mass is 19.4. The molecular weight excluding hydrogens is 359 g/mol. The van der Waals surface area contributed by atoms with Gasteiger partial charge >= 0.3 is 12.2 Å². The van der Waals surface area contributed by atoms with Crippen molar-refractivity contribution in [2.24, 2.45) is 0 Å². The van der Waals surface area contributed by atoms with E-state index in [9.17, 15) is 23.1 Å². The first-order chi connectivity index (χ1) is 12.7. The lowest BCUT2D eigenvalue weighted by Gasteiger charge is -2.33. The average molecular weight is 385 g/mol. The molecule has 0 bridgehead atoms. The summed E-state index contributed by atoms with van der Waals surface area (Å²) in [5.74, 6) is 0. The van der Waals surface area contributed by atoms with Gasteiger partial charge in [0.1, 0.15) is 0 Å². The van der Waals surface area contributed by atoms with Crippen LogP contribution in [0, 0.1) is 6.92 Å². The third kappa shape index (κ3) is 4.55. The summed E-state index contributed by atoms with van der Waals surface area (Å²) in [5, 5.41) is 12.5. The zero-order valence-electron chi connectivity index (χ0n) is 15.4. The molecule has 2 saturated heterocycles. The predicted octanol–water partition coefficient (Wildman–Crippen LogP) is 2.67. The summed E-state index contributed by atoms with van der Waals surface area (Å²) in [7, 11) is 0. The van der Waals surface area contributed by atoms with E-state index in [2.05, 4.69) is 29.3 Å². The van der Waals surface area contributed by atoms with Crippen molar-refractivity contribution in [2.45, 2.75) is 50.6 Å². The molecule has 1 aromatic rings. The maximum absolute atomic E-state index is 12.9. The van der Waals surface area contributed by atoms with E-state index >= 15 is 0 Å². The summed E-state index contributed by atoms with van der Waals surface area (Å²) in [6.07, 6.45) is -3.67. The molecule has 2 fully saturated rings. The van der Waals surface area contributed by atoms with Gasteiger partial charge in [-0.15, -0.1) is 0 Å². The number of halogens is 3. The summed E-state index contributed by atoms with van der Waals surface area (Å²) < 4.78 is 38.6. The van der Waals surface area contributed by atoms with E-state index in [1.165, 1.54) is 11.1 Å². The molecule has 2 heterocycles. The minimum absolute atomic E-state index is 0.0507. The molecule has 0 saturated carbocycles. The Kier molecular flexibility index (Phi) is 5.67. The van der Waals surface area contributed by atoms with Crippen LogP contribution in [0.2, 0.25) is 0 Å². The van der Waals surface area contributed by atoms with Crippen molar-refractivity contribution >= 4 is 6.03 Å². The van der Waals surface area contributed by atoms with Crippen LogP contribution < -0.4 is 5.32 Å². The number of nitrogens with zero attached hydrogens (tertiary/aromatic N) is 2. The lowest BCUT2D eigenvalue weighted by atomic mass is 10.0. The Balaban J connectivity index is 1.46. The molecule has 8 heteroatoms. The standard InChI is InChI=1S/C19H26F3N3O2/c1-14-4-2-3-5-15(14)12-24-9-6-16(7-10-24)23-17(26)25-11-8-18(27,13-25)19(20,21)22/h2-5,16,27H,6-13H2,1H3,(H,23,26). The summed E-state index contributed by atoms with van der Waals surface area (Å²) in [5.41, 5.74) is -0.260. The van der Waals surface area contributed by atoms with Gasteiger partial charge in [-0.25, -0.2) is 4.79 Å². The SMILES string of the molecule is Cc1ccccc1CN1CCC(NC(=O)N2CCC(O)(C(F)(F)F)C2)CC1. The van der Waals surface area contributed by atoms with Crippen molar-refractivity contribution in [3.05, 3.63) is 35.4 Å². The highest BCUT2D eigenvalue weighted by molar-refractivity contribution is 5.75. The van der Waals surface area contributed by atoms with Crippen molar-refractivity contribution in [3.63, 3.8) is 0 Å². The van der Waals surface area contributed by atoms with Gasteiger partial charge in [-0.05, 0) is 30.9 Å². The topological polar surface area (TPSA) is 55.8 Å². The Bertz CT molecular complexity index is 674. The van der Waals surface area contributed by atoms with E-state index in [1.807, 2.05) is 12.1 Å². The Labute approximate surface area is 157 Å². The fourth-order valence-corrected chi connectivity index (χ4v) is 3.73. The summed E-state index contributed by atoms with van der Waals surface area (Å²) in [4.78, 5) is 15.7. The van der Waals surface area contributed by atoms with Gasteiger partial charge in [-0.3, -0.25) is 4.90 Å². The van der Waals surface area contributed by atoms with Gasteiger partial charge in [-0.2, -0.15) is 13.2 Å². The molecule has 0 aromatic heterocycles. The van der Waals surface area contributed by atoms with Crippen molar-refractivity contribution in [1.29, 1.82) is 0 Å². The number of amides is 2. The zero-order chi connectivity index (χ0) is 19.7. The number of piperidine rings is 1. The Hall–Kier alpha value is -1.80. The summed E-state index contributed by atoms with van der Waals surface area (Å²) in [6, 6.07) is 7.66. The first-order valence-electron chi connectivity index (χ1n) is 9.29. The number of likely N-dealkylation sites (tertiary alicyclic amines) is 2. The number of carbonyl (C=O) groups is 1. The van der Waals surface area contributed by atoms with Gasteiger partial charge in [0.2, 0.25) is 0 Å². The minimum Gasteiger partial charge on any atom is -0.379 e.